The summed E-state index contributed by atoms with van der Waals surface area (Å²) in [6, 6.07) is 16.3. The van der Waals surface area contributed by atoms with Crippen LogP contribution in [-0.2, 0) is 11.8 Å². The molecule has 1 saturated heterocycles. The van der Waals surface area contributed by atoms with E-state index in [1.165, 1.54) is 0 Å². The van der Waals surface area contributed by atoms with Gasteiger partial charge in [-0.15, -0.1) is 0 Å². The van der Waals surface area contributed by atoms with E-state index >= 15 is 0 Å². The molecule has 1 atom stereocenters. The zero-order chi connectivity index (χ0) is 24.9. The van der Waals surface area contributed by atoms with Crippen molar-refractivity contribution in [1.82, 2.24) is 19.5 Å². The van der Waals surface area contributed by atoms with Crippen LogP contribution in [0.15, 0.2) is 61.2 Å². The molecule has 0 saturated carbocycles. The van der Waals surface area contributed by atoms with Crippen molar-refractivity contribution in [3.8, 4) is 17.2 Å². The lowest BCUT2D eigenvalue weighted by Crippen LogP contribution is -2.51. The Morgan fingerprint density at radius 1 is 1.00 bits per heavy atom. The Morgan fingerprint density at radius 3 is 2.86 bits per heavy atom. The second kappa shape index (κ2) is 8.63. The van der Waals surface area contributed by atoms with Gasteiger partial charge in [0.1, 0.15) is 30.3 Å². The van der Waals surface area contributed by atoms with Gasteiger partial charge in [-0.05, 0) is 55.0 Å². The predicted molar refractivity (Wildman–Crippen MR) is 142 cm³/mol. The van der Waals surface area contributed by atoms with Crippen molar-refractivity contribution >= 4 is 39.1 Å². The fourth-order valence-corrected chi connectivity index (χ4v) is 5.15. The molecule has 0 radical (unpaired) electrons. The molecule has 2 aromatic heterocycles. The predicted octanol–water partition coefficient (Wildman–Crippen LogP) is 4.96. The zero-order valence-electron chi connectivity index (χ0n) is 20.6. The lowest BCUT2D eigenvalue weighted by atomic mass is 10.1. The monoisotopic (exact) mass is 494 g/mol. The quantitative estimate of drug-likeness (QED) is 0.375. The van der Waals surface area contributed by atoms with Gasteiger partial charge in [0.15, 0.2) is 5.75 Å². The number of rotatable bonds is 4. The van der Waals surface area contributed by atoms with E-state index in [0.717, 1.165) is 62.7 Å². The van der Waals surface area contributed by atoms with E-state index in [9.17, 15) is 0 Å². The molecule has 2 aliphatic heterocycles. The van der Waals surface area contributed by atoms with Crippen LogP contribution in [-0.4, -0.2) is 51.9 Å². The van der Waals surface area contributed by atoms with E-state index in [2.05, 4.69) is 37.3 Å². The summed E-state index contributed by atoms with van der Waals surface area (Å²) in [7, 11) is 1.98. The van der Waals surface area contributed by atoms with Crippen LogP contribution in [0, 0.1) is 6.92 Å². The fraction of sp³-hybridized carbons (Fsp3) is 0.250. The van der Waals surface area contributed by atoms with E-state index in [1.54, 1.807) is 12.7 Å². The van der Waals surface area contributed by atoms with Gasteiger partial charge in [0.2, 0.25) is 0 Å². The van der Waals surface area contributed by atoms with E-state index in [-0.39, 0.29) is 6.04 Å². The minimum Gasteiger partial charge on any atom is -0.488 e. The van der Waals surface area contributed by atoms with Crippen LogP contribution in [0.5, 0.6) is 17.2 Å². The Kier molecular flexibility index (Phi) is 5.10. The third-order valence-corrected chi connectivity index (χ3v) is 7.05. The summed E-state index contributed by atoms with van der Waals surface area (Å²) >= 11 is 0. The second-order valence-electron chi connectivity index (χ2n) is 9.48. The Bertz CT molecular complexity index is 1650. The normalized spacial score (nSPS) is 16.8. The second-order valence-corrected chi connectivity index (χ2v) is 9.48. The van der Waals surface area contributed by atoms with Gasteiger partial charge in [-0.25, -0.2) is 15.0 Å². The number of morpholine rings is 1. The number of nitrogens with one attached hydrogen (secondary N) is 1. The van der Waals surface area contributed by atoms with E-state index in [4.69, 9.17) is 14.2 Å². The van der Waals surface area contributed by atoms with Crippen LogP contribution in [0.4, 0.5) is 17.2 Å². The number of benzene rings is 3. The lowest BCUT2D eigenvalue weighted by Gasteiger charge is -2.41. The molecule has 0 amide bonds. The molecule has 0 aliphatic carbocycles. The minimum absolute atomic E-state index is 0.230. The molecule has 1 unspecified atom stereocenters. The average Bonchev–Trinajstić information content (AvgIpc) is 3.29. The number of nitrogens with zero attached hydrogens (tertiary/aromatic N) is 5. The van der Waals surface area contributed by atoms with Crippen molar-refractivity contribution < 1.29 is 14.2 Å². The molecule has 0 spiro atoms. The van der Waals surface area contributed by atoms with Gasteiger partial charge < -0.3 is 29.0 Å². The molecule has 9 nitrogen and oxygen atoms in total. The smallest absolute Gasteiger partial charge is 0.155 e. The highest BCUT2D eigenvalue weighted by molar-refractivity contribution is 6.00. The van der Waals surface area contributed by atoms with Crippen LogP contribution in [0.3, 0.4) is 0 Å². The topological polar surface area (TPSA) is 86.6 Å². The number of aromatic nitrogens is 4. The first-order valence-corrected chi connectivity index (χ1v) is 12.4. The first-order chi connectivity index (χ1) is 18.1. The zero-order valence-corrected chi connectivity index (χ0v) is 20.6. The lowest BCUT2D eigenvalue weighted by molar-refractivity contribution is 0.0709. The number of hydrogen-bond acceptors (Lipinski definition) is 8. The first-order valence-electron chi connectivity index (χ1n) is 12.4. The van der Waals surface area contributed by atoms with Crippen molar-refractivity contribution in [2.45, 2.75) is 13.0 Å². The number of hydrogen-bond donors (Lipinski definition) is 1. The molecular weight excluding hydrogens is 468 g/mol. The highest BCUT2D eigenvalue weighted by Crippen LogP contribution is 2.43. The third-order valence-electron chi connectivity index (χ3n) is 7.05. The van der Waals surface area contributed by atoms with Crippen molar-refractivity contribution in [3.63, 3.8) is 0 Å². The molecular formula is C28H26N6O3. The summed E-state index contributed by atoms with van der Waals surface area (Å²) in [5.74, 6) is 3.07. The summed E-state index contributed by atoms with van der Waals surface area (Å²) in [5, 5.41) is 4.37. The van der Waals surface area contributed by atoms with Crippen molar-refractivity contribution in [3.05, 3.63) is 66.7 Å². The van der Waals surface area contributed by atoms with Crippen LogP contribution in [0.1, 0.15) is 5.56 Å². The molecule has 0 bridgehead atoms. The molecule has 5 aromatic rings. The largest absolute Gasteiger partial charge is 0.488 e. The Hall–Kier alpha value is -4.37. The Labute approximate surface area is 213 Å². The number of ether oxygens (including phenoxy) is 3. The van der Waals surface area contributed by atoms with Gasteiger partial charge in [-0.2, -0.15) is 0 Å². The van der Waals surface area contributed by atoms with E-state index in [1.807, 2.05) is 54.9 Å². The van der Waals surface area contributed by atoms with E-state index in [0.29, 0.717) is 25.6 Å². The summed E-state index contributed by atoms with van der Waals surface area (Å²) in [5.41, 5.74) is 5.78. The third kappa shape index (κ3) is 3.79. The number of aryl methyl sites for hydroxylation is 2. The van der Waals surface area contributed by atoms with Gasteiger partial charge in [0, 0.05) is 25.3 Å². The van der Waals surface area contributed by atoms with Crippen molar-refractivity contribution in [1.29, 1.82) is 0 Å². The van der Waals surface area contributed by atoms with Crippen LogP contribution < -0.4 is 19.7 Å². The maximum Gasteiger partial charge on any atom is 0.155 e. The summed E-state index contributed by atoms with van der Waals surface area (Å²) < 4.78 is 20.1. The Balaban J connectivity index is 1.19. The fourth-order valence-electron chi connectivity index (χ4n) is 5.15. The molecule has 186 valence electrons. The number of anilines is 3. The first kappa shape index (κ1) is 21.9. The van der Waals surface area contributed by atoms with E-state index < -0.39 is 0 Å². The SMILES string of the molecule is Cc1cc(Nc2ncnc3ccc4c(c23)OCC2COCCN42)ccc1Oc1ccc2c(c1)ncn2C. The molecule has 3 aromatic carbocycles. The van der Waals surface area contributed by atoms with Gasteiger partial charge in [0.25, 0.3) is 0 Å². The van der Waals surface area contributed by atoms with Gasteiger partial charge >= 0.3 is 0 Å². The van der Waals surface area contributed by atoms with Crippen LogP contribution in [0.2, 0.25) is 0 Å². The van der Waals surface area contributed by atoms with Crippen molar-refractivity contribution in [2.75, 3.05) is 36.6 Å². The van der Waals surface area contributed by atoms with Gasteiger partial charge in [-0.1, -0.05) is 0 Å². The summed E-state index contributed by atoms with van der Waals surface area (Å²) in [6.07, 6.45) is 3.38. The molecule has 7 rings (SSSR count). The standard InChI is InChI=1S/C28H26N6O3/c1-17-11-18(3-8-25(17)37-20-4-6-23-22(12-20)31-16-33(23)2)32-28-26-21(29-15-30-28)5-7-24-27(26)36-14-19-13-35-10-9-34(19)24/h3-8,11-12,15-16,19H,9-10,13-14H2,1-2H3,(H,29,30,32). The van der Waals surface area contributed by atoms with Gasteiger partial charge in [0.05, 0.1) is 53.2 Å². The van der Waals surface area contributed by atoms with Gasteiger partial charge in [-0.3, -0.25) is 0 Å². The highest BCUT2D eigenvalue weighted by atomic mass is 16.5. The average molecular weight is 495 g/mol. The maximum absolute atomic E-state index is 6.26. The Morgan fingerprint density at radius 2 is 1.95 bits per heavy atom. The summed E-state index contributed by atoms with van der Waals surface area (Å²) in [6.45, 7) is 4.85. The van der Waals surface area contributed by atoms with Crippen molar-refractivity contribution in [2.24, 2.45) is 7.05 Å². The van der Waals surface area contributed by atoms with Crippen LogP contribution >= 0.6 is 0 Å². The maximum atomic E-state index is 6.26. The summed E-state index contributed by atoms with van der Waals surface area (Å²) in [4.78, 5) is 15.9. The van der Waals surface area contributed by atoms with Crippen LogP contribution in [0.25, 0.3) is 21.9 Å². The molecule has 9 heteroatoms. The molecule has 4 heterocycles. The number of imidazole rings is 1. The molecule has 2 aliphatic rings. The molecule has 1 fully saturated rings. The minimum atomic E-state index is 0.230. The molecule has 1 N–H and O–H groups in total. The molecule has 37 heavy (non-hydrogen) atoms. The highest BCUT2D eigenvalue weighted by Gasteiger charge is 2.32. The number of fused-ring (bicyclic) bond motifs is 6.